The topological polar surface area (TPSA) is 56.8 Å². The number of hydrogen-bond donors (Lipinski definition) is 0. The van der Waals surface area contributed by atoms with Crippen molar-refractivity contribution in [2.24, 2.45) is 0 Å². The van der Waals surface area contributed by atoms with Gasteiger partial charge in [0.15, 0.2) is 0 Å². The monoisotopic (exact) mass is 234 g/mol. The first kappa shape index (κ1) is 11.7. The molecule has 2 aromatic carbocycles. The van der Waals surface area contributed by atoms with E-state index >= 15 is 0 Å². The molecule has 0 aliphatic rings. The molecular weight excluding hydrogens is 224 g/mol. The van der Waals surface area contributed by atoms with Gasteiger partial charge in [-0.3, -0.25) is 0 Å². The van der Waals surface area contributed by atoms with Gasteiger partial charge in [0.25, 0.3) is 0 Å². The Morgan fingerprint density at radius 2 is 1.78 bits per heavy atom. The smallest absolute Gasteiger partial charge is 0.148 e. The molecule has 0 aliphatic heterocycles. The molecule has 0 heterocycles. The molecular formula is C15H10N2O. The van der Waals surface area contributed by atoms with Crippen molar-refractivity contribution in [2.45, 2.75) is 6.92 Å². The number of rotatable bonds is 2. The molecule has 18 heavy (non-hydrogen) atoms. The van der Waals surface area contributed by atoms with Gasteiger partial charge in [0.2, 0.25) is 0 Å². The van der Waals surface area contributed by atoms with Gasteiger partial charge in [0.1, 0.15) is 17.6 Å². The summed E-state index contributed by atoms with van der Waals surface area (Å²) in [7, 11) is 0. The lowest BCUT2D eigenvalue weighted by atomic mass is 10.1. The first-order chi connectivity index (χ1) is 8.74. The summed E-state index contributed by atoms with van der Waals surface area (Å²) < 4.78 is 5.70. The van der Waals surface area contributed by atoms with Crippen LogP contribution in [0.25, 0.3) is 0 Å². The van der Waals surface area contributed by atoms with Gasteiger partial charge in [-0.15, -0.1) is 0 Å². The highest BCUT2D eigenvalue weighted by Gasteiger charge is 2.07. The van der Waals surface area contributed by atoms with Crippen molar-refractivity contribution in [2.75, 3.05) is 0 Å². The first-order valence-corrected chi connectivity index (χ1v) is 5.42. The molecule has 0 saturated carbocycles. The van der Waals surface area contributed by atoms with Crippen LogP contribution in [0.1, 0.15) is 16.7 Å². The van der Waals surface area contributed by atoms with Crippen LogP contribution >= 0.6 is 0 Å². The van der Waals surface area contributed by atoms with Gasteiger partial charge < -0.3 is 4.74 Å². The predicted octanol–water partition coefficient (Wildman–Crippen LogP) is 3.53. The Kier molecular flexibility index (Phi) is 3.27. The van der Waals surface area contributed by atoms with Gasteiger partial charge in [-0.1, -0.05) is 18.2 Å². The lowest BCUT2D eigenvalue weighted by molar-refractivity contribution is 0.477. The molecule has 0 N–H and O–H groups in total. The first-order valence-electron chi connectivity index (χ1n) is 5.42. The molecule has 3 heteroatoms. The molecule has 0 amide bonds. The van der Waals surface area contributed by atoms with Crippen molar-refractivity contribution in [1.29, 1.82) is 10.5 Å². The second-order valence-electron chi connectivity index (χ2n) is 3.81. The van der Waals surface area contributed by atoms with Crippen LogP contribution in [-0.4, -0.2) is 0 Å². The van der Waals surface area contributed by atoms with Crippen molar-refractivity contribution in [1.82, 2.24) is 0 Å². The Morgan fingerprint density at radius 1 is 1.00 bits per heavy atom. The largest absolute Gasteiger partial charge is 0.456 e. The van der Waals surface area contributed by atoms with E-state index in [2.05, 4.69) is 12.1 Å². The van der Waals surface area contributed by atoms with Crippen LogP contribution in [0.2, 0.25) is 0 Å². The second-order valence-corrected chi connectivity index (χ2v) is 3.81. The molecule has 0 atom stereocenters. The maximum Gasteiger partial charge on any atom is 0.148 e. The molecule has 0 bridgehead atoms. The van der Waals surface area contributed by atoms with Crippen molar-refractivity contribution in [3.8, 4) is 23.6 Å². The zero-order valence-electron chi connectivity index (χ0n) is 9.84. The van der Waals surface area contributed by atoms with E-state index in [9.17, 15) is 0 Å². The van der Waals surface area contributed by atoms with E-state index in [0.29, 0.717) is 22.6 Å². The van der Waals surface area contributed by atoms with E-state index in [1.807, 2.05) is 19.1 Å². The van der Waals surface area contributed by atoms with Crippen molar-refractivity contribution in [3.63, 3.8) is 0 Å². The maximum absolute atomic E-state index is 9.04. The van der Waals surface area contributed by atoms with Crippen molar-refractivity contribution < 1.29 is 4.74 Å². The van der Waals surface area contributed by atoms with Gasteiger partial charge in [-0.2, -0.15) is 10.5 Å². The summed E-state index contributed by atoms with van der Waals surface area (Å²) in [5, 5.41) is 17.9. The Bertz CT molecular complexity index is 663. The molecule has 0 saturated heterocycles. The maximum atomic E-state index is 9.04. The molecule has 0 fully saturated rings. The minimum atomic E-state index is 0.484. The minimum absolute atomic E-state index is 0.484. The van der Waals surface area contributed by atoms with Crippen molar-refractivity contribution >= 4 is 0 Å². The normalized spacial score (nSPS) is 9.28. The fourth-order valence-corrected chi connectivity index (χ4v) is 1.62. The number of nitrogens with zero attached hydrogens (tertiary/aromatic N) is 2. The molecule has 3 nitrogen and oxygen atoms in total. The van der Waals surface area contributed by atoms with E-state index in [-0.39, 0.29) is 0 Å². The molecule has 2 aromatic rings. The van der Waals surface area contributed by atoms with Crippen LogP contribution in [0, 0.1) is 29.6 Å². The average Bonchev–Trinajstić information content (AvgIpc) is 2.41. The minimum Gasteiger partial charge on any atom is -0.456 e. The Balaban J connectivity index is 2.41. The van der Waals surface area contributed by atoms with E-state index in [1.54, 1.807) is 30.3 Å². The molecule has 0 aliphatic carbocycles. The number of hydrogen-bond acceptors (Lipinski definition) is 3. The molecule has 0 radical (unpaired) electrons. The molecule has 86 valence electrons. The van der Waals surface area contributed by atoms with E-state index in [1.165, 1.54) is 0 Å². The van der Waals surface area contributed by atoms with Crippen LogP contribution in [0.3, 0.4) is 0 Å². The average molecular weight is 234 g/mol. The van der Waals surface area contributed by atoms with Crippen LogP contribution in [0.5, 0.6) is 11.5 Å². The highest BCUT2D eigenvalue weighted by molar-refractivity contribution is 5.50. The zero-order valence-corrected chi connectivity index (χ0v) is 9.84. The van der Waals surface area contributed by atoms with Gasteiger partial charge in [-0.25, -0.2) is 0 Å². The van der Waals surface area contributed by atoms with Gasteiger partial charge in [-0.05, 0) is 36.8 Å². The van der Waals surface area contributed by atoms with E-state index in [0.717, 1.165) is 5.56 Å². The quantitative estimate of drug-likeness (QED) is 0.798. The standard InChI is InChI=1S/C15H10N2O/c1-11-4-2-6-13(10-17)15(11)18-14-7-3-5-12(8-14)9-16/h2-8H,1H3. The third-order valence-corrected chi connectivity index (χ3v) is 2.52. The summed E-state index contributed by atoms with van der Waals surface area (Å²) in [5.74, 6) is 1.09. The SMILES string of the molecule is Cc1cccc(C#N)c1Oc1cccc(C#N)c1. The molecule has 0 spiro atoms. The second kappa shape index (κ2) is 5.03. The summed E-state index contributed by atoms with van der Waals surface area (Å²) >= 11 is 0. The van der Waals surface area contributed by atoms with Gasteiger partial charge in [0, 0.05) is 0 Å². The lowest BCUT2D eigenvalue weighted by Gasteiger charge is -2.10. The summed E-state index contributed by atoms with van der Waals surface area (Å²) in [4.78, 5) is 0. The summed E-state index contributed by atoms with van der Waals surface area (Å²) in [6, 6.07) is 16.4. The molecule has 0 aromatic heterocycles. The highest BCUT2D eigenvalue weighted by atomic mass is 16.5. The zero-order chi connectivity index (χ0) is 13.0. The highest BCUT2D eigenvalue weighted by Crippen LogP contribution is 2.28. The number of para-hydroxylation sites is 1. The number of ether oxygens (including phenoxy) is 1. The lowest BCUT2D eigenvalue weighted by Crippen LogP contribution is -1.91. The number of nitriles is 2. The Labute approximate surface area is 105 Å². The predicted molar refractivity (Wildman–Crippen MR) is 67.1 cm³/mol. The molecule has 0 unspecified atom stereocenters. The Morgan fingerprint density at radius 3 is 2.50 bits per heavy atom. The van der Waals surface area contributed by atoms with Crippen molar-refractivity contribution in [3.05, 3.63) is 59.2 Å². The number of aryl methyl sites for hydroxylation is 1. The van der Waals surface area contributed by atoms with Gasteiger partial charge in [0.05, 0.1) is 17.2 Å². The Hall–Kier alpha value is -2.78. The fraction of sp³-hybridized carbons (Fsp3) is 0.0667. The third kappa shape index (κ3) is 2.31. The fourth-order valence-electron chi connectivity index (χ4n) is 1.62. The van der Waals surface area contributed by atoms with E-state index in [4.69, 9.17) is 15.3 Å². The van der Waals surface area contributed by atoms with Crippen LogP contribution in [0.4, 0.5) is 0 Å². The molecule has 2 rings (SSSR count). The van der Waals surface area contributed by atoms with E-state index < -0.39 is 0 Å². The summed E-state index contributed by atoms with van der Waals surface area (Å²) in [5.41, 5.74) is 1.90. The van der Waals surface area contributed by atoms with Crippen LogP contribution < -0.4 is 4.74 Å². The van der Waals surface area contributed by atoms with Crippen LogP contribution in [0.15, 0.2) is 42.5 Å². The third-order valence-electron chi connectivity index (χ3n) is 2.52. The van der Waals surface area contributed by atoms with Gasteiger partial charge >= 0.3 is 0 Å². The van der Waals surface area contributed by atoms with Crippen LogP contribution in [-0.2, 0) is 0 Å². The summed E-state index contributed by atoms with van der Waals surface area (Å²) in [6.45, 7) is 1.88. The number of benzene rings is 2. The summed E-state index contributed by atoms with van der Waals surface area (Å²) in [6.07, 6.45) is 0.